The fourth-order valence-corrected chi connectivity index (χ4v) is 3.80. The molecular formula is C21H25NO6S. The van der Waals surface area contributed by atoms with E-state index in [1.54, 1.807) is 50.2 Å². The third kappa shape index (κ3) is 7.57. The fraction of sp³-hybridized carbons (Fsp3) is 0.333. The molecular weight excluding hydrogens is 394 g/mol. The lowest BCUT2D eigenvalue weighted by molar-refractivity contribution is -0.113. The van der Waals surface area contributed by atoms with Crippen LogP contribution in [0.15, 0.2) is 48.5 Å². The molecule has 0 aliphatic heterocycles. The van der Waals surface area contributed by atoms with Gasteiger partial charge in [-0.25, -0.2) is 13.2 Å². The summed E-state index contributed by atoms with van der Waals surface area (Å²) in [5, 5.41) is 2.56. The summed E-state index contributed by atoms with van der Waals surface area (Å²) in [6.07, 6.45) is -0.239. The monoisotopic (exact) mass is 419 g/mol. The second-order valence-corrected chi connectivity index (χ2v) is 8.75. The summed E-state index contributed by atoms with van der Waals surface area (Å²) in [4.78, 5) is 23.9. The van der Waals surface area contributed by atoms with Gasteiger partial charge in [-0.3, -0.25) is 4.79 Å². The predicted octanol–water partition coefficient (Wildman–Crippen LogP) is 3.20. The van der Waals surface area contributed by atoms with Crippen molar-refractivity contribution in [1.29, 1.82) is 0 Å². The molecule has 0 heterocycles. The van der Waals surface area contributed by atoms with Crippen LogP contribution in [-0.2, 0) is 25.1 Å². The standard InChI is InChI=1S/C21H25NO6S/c1-4-27-19-11-9-18(10-12-19)22-20(23)14-29(25,26)13-16-5-7-17(8-6-16)21(24)28-15(2)3/h5-12,15H,4,13-14H2,1-3H3,(H,22,23). The van der Waals surface area contributed by atoms with Crippen LogP contribution in [0.3, 0.4) is 0 Å². The highest BCUT2D eigenvalue weighted by Gasteiger charge is 2.18. The van der Waals surface area contributed by atoms with E-state index in [0.29, 0.717) is 29.2 Å². The van der Waals surface area contributed by atoms with Gasteiger partial charge >= 0.3 is 5.97 Å². The molecule has 0 aliphatic rings. The Balaban J connectivity index is 1.93. The summed E-state index contributed by atoms with van der Waals surface area (Å²) < 4.78 is 35.1. The van der Waals surface area contributed by atoms with E-state index in [-0.39, 0.29) is 11.9 Å². The van der Waals surface area contributed by atoms with Crippen molar-refractivity contribution in [1.82, 2.24) is 0 Å². The van der Waals surface area contributed by atoms with Crippen LogP contribution in [0.2, 0.25) is 0 Å². The van der Waals surface area contributed by atoms with Crippen LogP contribution >= 0.6 is 0 Å². The Bertz CT molecular complexity index is 934. The maximum Gasteiger partial charge on any atom is 0.338 e. The fourth-order valence-electron chi connectivity index (χ4n) is 2.52. The number of rotatable bonds is 9. The Kier molecular flexibility index (Phi) is 7.78. The maximum absolute atomic E-state index is 12.3. The minimum absolute atomic E-state index is 0.239. The molecule has 0 aromatic heterocycles. The molecule has 0 radical (unpaired) electrons. The highest BCUT2D eigenvalue weighted by Crippen LogP contribution is 2.16. The second kappa shape index (κ2) is 10.1. The summed E-state index contributed by atoms with van der Waals surface area (Å²) in [5.41, 5.74) is 1.31. The van der Waals surface area contributed by atoms with Crippen molar-refractivity contribution in [2.24, 2.45) is 0 Å². The number of amides is 1. The van der Waals surface area contributed by atoms with Gasteiger partial charge in [-0.05, 0) is 62.7 Å². The lowest BCUT2D eigenvalue weighted by Crippen LogP contribution is -2.24. The smallest absolute Gasteiger partial charge is 0.338 e. The van der Waals surface area contributed by atoms with Crippen LogP contribution in [0.5, 0.6) is 5.75 Å². The molecule has 0 spiro atoms. The van der Waals surface area contributed by atoms with Gasteiger partial charge in [0.05, 0.1) is 24.0 Å². The molecule has 7 nitrogen and oxygen atoms in total. The highest BCUT2D eigenvalue weighted by atomic mass is 32.2. The Labute approximate surface area is 170 Å². The SMILES string of the molecule is CCOc1ccc(NC(=O)CS(=O)(=O)Cc2ccc(C(=O)OC(C)C)cc2)cc1. The first-order chi connectivity index (χ1) is 13.7. The summed E-state index contributed by atoms with van der Waals surface area (Å²) >= 11 is 0. The van der Waals surface area contributed by atoms with E-state index in [1.165, 1.54) is 12.1 Å². The van der Waals surface area contributed by atoms with E-state index in [4.69, 9.17) is 9.47 Å². The first-order valence-electron chi connectivity index (χ1n) is 9.21. The Hall–Kier alpha value is -2.87. The molecule has 156 valence electrons. The number of esters is 1. The number of benzene rings is 2. The van der Waals surface area contributed by atoms with E-state index < -0.39 is 27.5 Å². The van der Waals surface area contributed by atoms with Gasteiger partial charge in [0, 0.05) is 5.69 Å². The first kappa shape index (κ1) is 22.4. The lowest BCUT2D eigenvalue weighted by Gasteiger charge is -2.09. The van der Waals surface area contributed by atoms with Gasteiger partial charge in [0.1, 0.15) is 11.5 Å². The van der Waals surface area contributed by atoms with Gasteiger partial charge in [0.15, 0.2) is 9.84 Å². The van der Waals surface area contributed by atoms with Gasteiger partial charge in [-0.2, -0.15) is 0 Å². The summed E-state index contributed by atoms with van der Waals surface area (Å²) in [5.74, 6) is -1.37. The summed E-state index contributed by atoms with van der Waals surface area (Å²) in [6.45, 7) is 5.89. The number of hydrogen-bond donors (Lipinski definition) is 1. The van der Waals surface area contributed by atoms with Gasteiger partial charge in [-0.1, -0.05) is 12.1 Å². The van der Waals surface area contributed by atoms with Crippen LogP contribution in [0.4, 0.5) is 5.69 Å². The number of hydrogen-bond acceptors (Lipinski definition) is 6. The predicted molar refractivity (Wildman–Crippen MR) is 111 cm³/mol. The number of sulfone groups is 1. The average Bonchev–Trinajstić information content (AvgIpc) is 2.62. The van der Waals surface area contributed by atoms with Crippen LogP contribution in [-0.4, -0.2) is 38.8 Å². The number of carbonyl (C=O) groups excluding carboxylic acids is 2. The van der Waals surface area contributed by atoms with Crippen molar-refractivity contribution in [3.05, 3.63) is 59.7 Å². The van der Waals surface area contributed by atoms with Crippen molar-refractivity contribution in [2.75, 3.05) is 17.7 Å². The van der Waals surface area contributed by atoms with Crippen molar-refractivity contribution in [3.63, 3.8) is 0 Å². The molecule has 1 N–H and O–H groups in total. The topological polar surface area (TPSA) is 98.8 Å². The minimum atomic E-state index is -3.68. The van der Waals surface area contributed by atoms with Crippen LogP contribution in [0, 0.1) is 0 Å². The van der Waals surface area contributed by atoms with Crippen molar-refractivity contribution in [2.45, 2.75) is 32.6 Å². The van der Waals surface area contributed by atoms with E-state index in [9.17, 15) is 18.0 Å². The average molecular weight is 419 g/mol. The lowest BCUT2D eigenvalue weighted by atomic mass is 10.1. The molecule has 2 rings (SSSR count). The first-order valence-corrected chi connectivity index (χ1v) is 11.0. The molecule has 0 saturated heterocycles. The summed E-state index contributed by atoms with van der Waals surface area (Å²) in [6, 6.07) is 12.8. The molecule has 1 amide bonds. The number of carbonyl (C=O) groups is 2. The number of ether oxygens (including phenoxy) is 2. The van der Waals surface area contributed by atoms with E-state index in [1.807, 2.05) is 6.92 Å². The summed E-state index contributed by atoms with van der Waals surface area (Å²) in [7, 11) is -3.68. The molecule has 0 bridgehead atoms. The molecule has 0 fully saturated rings. The van der Waals surface area contributed by atoms with Gasteiger partial charge in [0.2, 0.25) is 5.91 Å². The number of nitrogens with one attached hydrogen (secondary N) is 1. The third-order valence-corrected chi connectivity index (χ3v) is 5.19. The Morgan fingerprint density at radius 2 is 1.62 bits per heavy atom. The van der Waals surface area contributed by atoms with Crippen molar-refractivity contribution >= 4 is 27.4 Å². The van der Waals surface area contributed by atoms with Gasteiger partial charge in [-0.15, -0.1) is 0 Å². The molecule has 8 heteroatoms. The van der Waals surface area contributed by atoms with Gasteiger partial charge < -0.3 is 14.8 Å². The Morgan fingerprint density at radius 1 is 1.00 bits per heavy atom. The maximum atomic E-state index is 12.3. The normalized spacial score (nSPS) is 11.2. The second-order valence-electron chi connectivity index (χ2n) is 6.69. The molecule has 0 unspecified atom stereocenters. The molecule has 2 aromatic rings. The highest BCUT2D eigenvalue weighted by molar-refractivity contribution is 7.91. The van der Waals surface area contributed by atoms with Crippen molar-refractivity contribution in [3.8, 4) is 5.75 Å². The molecule has 0 aliphatic carbocycles. The number of anilines is 1. The molecule has 0 saturated carbocycles. The van der Waals surface area contributed by atoms with E-state index in [0.717, 1.165) is 0 Å². The van der Waals surface area contributed by atoms with Crippen LogP contribution in [0.1, 0.15) is 36.7 Å². The minimum Gasteiger partial charge on any atom is -0.494 e. The largest absolute Gasteiger partial charge is 0.494 e. The van der Waals surface area contributed by atoms with Gasteiger partial charge in [0.25, 0.3) is 0 Å². The van der Waals surface area contributed by atoms with E-state index in [2.05, 4.69) is 5.32 Å². The third-order valence-electron chi connectivity index (χ3n) is 3.72. The zero-order valence-corrected chi connectivity index (χ0v) is 17.5. The van der Waals surface area contributed by atoms with Crippen molar-refractivity contribution < 1.29 is 27.5 Å². The zero-order chi connectivity index (χ0) is 21.4. The Morgan fingerprint density at radius 3 is 2.17 bits per heavy atom. The van der Waals surface area contributed by atoms with Crippen LogP contribution in [0.25, 0.3) is 0 Å². The zero-order valence-electron chi connectivity index (χ0n) is 16.7. The molecule has 2 aromatic carbocycles. The van der Waals surface area contributed by atoms with E-state index >= 15 is 0 Å². The molecule has 29 heavy (non-hydrogen) atoms. The molecule has 0 atom stereocenters. The van der Waals surface area contributed by atoms with Crippen LogP contribution < -0.4 is 10.1 Å². The quantitative estimate of drug-likeness (QED) is 0.627.